The molecule has 1 aliphatic heterocycles. The van der Waals surface area contributed by atoms with Gasteiger partial charge in [0.05, 0.1) is 10.6 Å². The van der Waals surface area contributed by atoms with Gasteiger partial charge >= 0.3 is 0 Å². The maximum absolute atomic E-state index is 12.6. The molecule has 0 saturated carbocycles. The number of hydrogen-bond acceptors (Lipinski definition) is 5. The zero-order chi connectivity index (χ0) is 27.5. The maximum atomic E-state index is 12.6. The third-order valence-electron chi connectivity index (χ3n) is 6.82. The van der Waals surface area contributed by atoms with Crippen LogP contribution in [-0.2, 0) is 11.3 Å². The average Bonchev–Trinajstić information content (AvgIpc) is 3.22. The first kappa shape index (κ1) is 28.9. The van der Waals surface area contributed by atoms with Crippen LogP contribution in [0.5, 0.6) is 0 Å². The zero-order valence-corrected chi connectivity index (χ0v) is 24.0. The van der Waals surface area contributed by atoms with Crippen molar-refractivity contribution in [1.82, 2.24) is 10.2 Å². The lowest BCUT2D eigenvalue weighted by Gasteiger charge is -2.22. The van der Waals surface area contributed by atoms with Crippen molar-refractivity contribution in [1.29, 1.82) is 0 Å². The number of anilines is 1. The highest BCUT2D eigenvalue weighted by Gasteiger charge is 2.12. The highest BCUT2D eigenvalue weighted by molar-refractivity contribution is 8.04. The fraction of sp³-hybridized carbons (Fsp3) is 0.312. The fourth-order valence-corrected chi connectivity index (χ4v) is 5.94. The van der Waals surface area contributed by atoms with Gasteiger partial charge in [0.15, 0.2) is 6.29 Å². The summed E-state index contributed by atoms with van der Waals surface area (Å²) < 4.78 is 0. The number of likely N-dealkylation sites (tertiary alicyclic amines) is 1. The largest absolute Gasteiger partial charge is 0.369 e. The number of para-hydroxylation sites is 1. The quantitative estimate of drug-likeness (QED) is 0.156. The van der Waals surface area contributed by atoms with Gasteiger partial charge in [-0.2, -0.15) is 0 Å². The minimum absolute atomic E-state index is 0.0676. The Labute approximate surface area is 241 Å². The van der Waals surface area contributed by atoms with Crippen molar-refractivity contribution < 1.29 is 9.59 Å². The number of carbonyl (C=O) groups excluding carboxylic acids is 2. The van der Waals surface area contributed by atoms with Crippen LogP contribution in [0, 0.1) is 0 Å². The van der Waals surface area contributed by atoms with Crippen molar-refractivity contribution in [3.63, 3.8) is 0 Å². The molecule has 7 heteroatoms. The molecule has 0 spiro atoms. The maximum Gasteiger partial charge on any atom is 0.251 e. The summed E-state index contributed by atoms with van der Waals surface area (Å²) in [5, 5.41) is 3.75. The highest BCUT2D eigenvalue weighted by atomic mass is 35.5. The lowest BCUT2D eigenvalue weighted by Crippen LogP contribution is -2.35. The van der Waals surface area contributed by atoms with Gasteiger partial charge in [0, 0.05) is 42.2 Å². The lowest BCUT2D eigenvalue weighted by atomic mass is 10.1. The first-order chi connectivity index (χ1) is 19.0. The molecule has 1 amide bonds. The van der Waals surface area contributed by atoms with Crippen LogP contribution in [0.4, 0.5) is 5.69 Å². The van der Waals surface area contributed by atoms with Gasteiger partial charge in [-0.05, 0) is 79.5 Å². The fourth-order valence-electron chi connectivity index (χ4n) is 4.75. The Morgan fingerprint density at radius 3 is 2.46 bits per heavy atom. The first-order valence-corrected chi connectivity index (χ1v) is 14.7. The molecule has 0 radical (unpaired) electrons. The molecule has 3 aromatic rings. The van der Waals surface area contributed by atoms with Gasteiger partial charge in [-0.3, -0.25) is 9.59 Å². The molecule has 204 valence electrons. The highest BCUT2D eigenvalue weighted by Crippen LogP contribution is 2.35. The molecular formula is C32H36ClN3O2S. The predicted molar refractivity (Wildman–Crippen MR) is 164 cm³/mol. The number of nitrogens with zero attached hydrogens (tertiary/aromatic N) is 2. The molecule has 0 unspecified atom stereocenters. The number of thioether (sulfide) groups is 1. The van der Waals surface area contributed by atoms with Crippen LogP contribution in [0.25, 0.3) is 6.08 Å². The molecule has 0 atom stereocenters. The summed E-state index contributed by atoms with van der Waals surface area (Å²) in [5.41, 5.74) is 3.64. The summed E-state index contributed by atoms with van der Waals surface area (Å²) in [5.74, 6) is -0.0676. The van der Waals surface area contributed by atoms with Crippen LogP contribution < -0.4 is 10.2 Å². The van der Waals surface area contributed by atoms with Gasteiger partial charge in [0.2, 0.25) is 0 Å². The molecule has 4 rings (SSSR count). The van der Waals surface area contributed by atoms with Gasteiger partial charge in [-0.25, -0.2) is 0 Å². The number of rotatable bonds is 11. The molecule has 3 aromatic carbocycles. The van der Waals surface area contributed by atoms with Crippen LogP contribution in [0.2, 0.25) is 5.02 Å². The summed E-state index contributed by atoms with van der Waals surface area (Å²) in [4.78, 5) is 30.8. The van der Waals surface area contributed by atoms with Crippen molar-refractivity contribution >= 4 is 47.3 Å². The molecule has 1 saturated heterocycles. The van der Waals surface area contributed by atoms with Gasteiger partial charge in [-0.1, -0.05) is 72.6 Å². The molecule has 1 N–H and O–H groups in total. The van der Waals surface area contributed by atoms with E-state index in [1.54, 1.807) is 0 Å². The Kier molecular flexibility index (Phi) is 11.1. The predicted octanol–water partition coefficient (Wildman–Crippen LogP) is 6.91. The van der Waals surface area contributed by atoms with Crippen LogP contribution in [0.1, 0.15) is 47.2 Å². The molecule has 0 bridgehead atoms. The number of nitrogens with one attached hydrogen (secondary N) is 1. The summed E-state index contributed by atoms with van der Waals surface area (Å²) in [6, 6.07) is 23.3. The number of hydrogen-bond donors (Lipinski definition) is 1. The van der Waals surface area contributed by atoms with E-state index in [1.165, 1.54) is 37.4 Å². The molecular weight excluding hydrogens is 526 g/mol. The number of carbonyl (C=O) groups is 2. The number of allylic oxidation sites excluding steroid dienone is 1. The van der Waals surface area contributed by atoms with Gasteiger partial charge in [-0.15, -0.1) is 0 Å². The van der Waals surface area contributed by atoms with E-state index in [-0.39, 0.29) is 5.91 Å². The van der Waals surface area contributed by atoms with E-state index >= 15 is 0 Å². The minimum atomic E-state index is -0.0676. The average molecular weight is 562 g/mol. The Hall–Kier alpha value is -3.06. The van der Waals surface area contributed by atoms with Crippen molar-refractivity contribution in [2.75, 3.05) is 38.1 Å². The van der Waals surface area contributed by atoms with Crippen molar-refractivity contribution in [2.24, 2.45) is 0 Å². The third kappa shape index (κ3) is 8.99. The second-order valence-electron chi connectivity index (χ2n) is 9.85. The number of benzene rings is 3. The molecule has 1 aliphatic rings. The van der Waals surface area contributed by atoms with Crippen molar-refractivity contribution in [3.05, 3.63) is 99.4 Å². The number of halogens is 1. The van der Waals surface area contributed by atoms with E-state index in [9.17, 15) is 9.59 Å². The van der Waals surface area contributed by atoms with Crippen LogP contribution in [0.15, 0.2) is 82.6 Å². The summed E-state index contributed by atoms with van der Waals surface area (Å²) in [6.45, 7) is 4.48. The van der Waals surface area contributed by atoms with E-state index < -0.39 is 0 Å². The molecule has 1 fully saturated rings. The Bertz CT molecular complexity index is 1270. The van der Waals surface area contributed by atoms with E-state index in [4.69, 9.17) is 11.6 Å². The van der Waals surface area contributed by atoms with Crippen LogP contribution in [0.3, 0.4) is 0 Å². The third-order valence-corrected chi connectivity index (χ3v) is 8.07. The Morgan fingerprint density at radius 1 is 1.00 bits per heavy atom. The van der Waals surface area contributed by atoms with E-state index in [0.717, 1.165) is 47.6 Å². The standard InChI is InChI=1S/C32H36ClN3O2S/c1-35(23-26-9-8-10-28(33)21-26)30-11-4-5-12-31(30)39-29(24-37)22-25-13-15-27(16-14-25)32(38)34-17-20-36-18-6-2-3-7-19-36/h4-5,8-16,21-22,24H,2-3,6-7,17-20,23H2,1H3,(H,34,38)/b29-22-. The zero-order valence-electron chi connectivity index (χ0n) is 22.4. The van der Waals surface area contributed by atoms with Gasteiger partial charge in [0.25, 0.3) is 5.91 Å². The topological polar surface area (TPSA) is 52.7 Å². The molecule has 5 nitrogen and oxygen atoms in total. The smallest absolute Gasteiger partial charge is 0.251 e. The lowest BCUT2D eigenvalue weighted by molar-refractivity contribution is -0.104. The van der Waals surface area contributed by atoms with Crippen molar-refractivity contribution in [2.45, 2.75) is 37.1 Å². The second-order valence-corrected chi connectivity index (χ2v) is 11.4. The number of aldehydes is 1. The Morgan fingerprint density at radius 2 is 1.74 bits per heavy atom. The monoisotopic (exact) mass is 561 g/mol. The van der Waals surface area contributed by atoms with Crippen LogP contribution in [-0.4, -0.2) is 50.3 Å². The molecule has 39 heavy (non-hydrogen) atoms. The number of amides is 1. The normalized spacial score (nSPS) is 14.5. The summed E-state index contributed by atoms with van der Waals surface area (Å²) in [6.07, 6.45) is 7.84. The Balaban J connectivity index is 1.36. The minimum Gasteiger partial charge on any atom is -0.369 e. The van der Waals surface area contributed by atoms with Crippen LogP contribution >= 0.6 is 23.4 Å². The van der Waals surface area contributed by atoms with Gasteiger partial charge < -0.3 is 15.1 Å². The van der Waals surface area contributed by atoms with Crippen molar-refractivity contribution in [3.8, 4) is 0 Å². The molecule has 0 aromatic heterocycles. The summed E-state index contributed by atoms with van der Waals surface area (Å²) >= 11 is 7.59. The second kappa shape index (κ2) is 14.9. The molecule has 0 aliphatic carbocycles. The summed E-state index contributed by atoms with van der Waals surface area (Å²) in [7, 11) is 2.03. The van der Waals surface area contributed by atoms with E-state index in [2.05, 4.69) is 27.2 Å². The van der Waals surface area contributed by atoms with E-state index in [0.29, 0.717) is 28.6 Å². The van der Waals surface area contributed by atoms with E-state index in [1.807, 2.05) is 73.8 Å². The van der Waals surface area contributed by atoms with Gasteiger partial charge in [0.1, 0.15) is 0 Å². The SMILES string of the molecule is CN(Cc1cccc(Cl)c1)c1ccccc1S/C(C=O)=C\c1ccc(C(=O)NCCN2CCCCCC2)cc1. The molecule has 1 heterocycles. The first-order valence-electron chi connectivity index (χ1n) is 13.5.